The minimum absolute atomic E-state index is 0.0856. The fourth-order valence-electron chi connectivity index (χ4n) is 5.74. The van der Waals surface area contributed by atoms with E-state index in [2.05, 4.69) is 34.3 Å². The number of quaternary nitrogens is 1. The lowest BCUT2D eigenvalue weighted by atomic mass is 9.96. The second kappa shape index (κ2) is 11.2. The van der Waals surface area contributed by atoms with Crippen LogP contribution < -0.4 is 4.90 Å². The summed E-state index contributed by atoms with van der Waals surface area (Å²) in [6.45, 7) is 3.80. The normalized spacial score (nSPS) is 14.6. The molecule has 2 aromatic heterocycles. The maximum Gasteiger partial charge on any atom is 0.433 e. The highest BCUT2D eigenvalue weighted by atomic mass is 35.5. The van der Waals surface area contributed by atoms with E-state index in [1.54, 1.807) is 36.1 Å². The molecule has 1 fully saturated rings. The summed E-state index contributed by atoms with van der Waals surface area (Å²) < 4.78 is 43.2. The van der Waals surface area contributed by atoms with Gasteiger partial charge in [0.05, 0.1) is 37.6 Å². The van der Waals surface area contributed by atoms with Crippen LogP contribution in [0.5, 0.6) is 0 Å². The van der Waals surface area contributed by atoms with Crippen LogP contribution in [0.1, 0.15) is 38.9 Å². The number of amides is 1. The van der Waals surface area contributed by atoms with Crippen LogP contribution in [0.25, 0.3) is 16.9 Å². The second-order valence-corrected chi connectivity index (χ2v) is 10.9. The Hall–Kier alpha value is -4.21. The molecule has 1 saturated heterocycles. The number of nitrogens with zero attached hydrogens (tertiary/aromatic N) is 4. The lowest BCUT2D eigenvalue weighted by molar-refractivity contribution is -0.929. The standard InChI is InChI=1S/C32H27ClF3N5O/c1-21-28(30-37-26(22-12-14-25(33)15-13-22)20-27(32(34,35)36)41(30)38-21)31(42)40-18-16-39(17-19-40)29(23-8-4-2-5-9-23)24-10-6-3-7-11-24/h2-15,20,29H,16-19H2,1H3/p+1. The van der Waals surface area contributed by atoms with Gasteiger partial charge < -0.3 is 9.80 Å². The lowest BCUT2D eigenvalue weighted by Gasteiger charge is -2.37. The van der Waals surface area contributed by atoms with Gasteiger partial charge in [-0.3, -0.25) is 4.79 Å². The number of alkyl halides is 3. The van der Waals surface area contributed by atoms with Crippen molar-refractivity contribution < 1.29 is 22.9 Å². The summed E-state index contributed by atoms with van der Waals surface area (Å²) in [7, 11) is 0. The predicted octanol–water partition coefficient (Wildman–Crippen LogP) is 5.51. The summed E-state index contributed by atoms with van der Waals surface area (Å²) in [5.74, 6) is -0.369. The van der Waals surface area contributed by atoms with Crippen molar-refractivity contribution >= 4 is 23.2 Å². The molecule has 3 heterocycles. The number of hydrogen-bond acceptors (Lipinski definition) is 3. The number of carbonyl (C=O) groups is 1. The van der Waals surface area contributed by atoms with Crippen LogP contribution in [-0.4, -0.2) is 51.6 Å². The van der Waals surface area contributed by atoms with Crippen LogP contribution >= 0.6 is 11.6 Å². The molecule has 6 rings (SSSR count). The van der Waals surface area contributed by atoms with Crippen molar-refractivity contribution in [3.05, 3.63) is 124 Å². The van der Waals surface area contributed by atoms with Gasteiger partial charge in [0.15, 0.2) is 11.3 Å². The fraction of sp³-hybridized carbons (Fsp3) is 0.219. The molecule has 3 aromatic carbocycles. The van der Waals surface area contributed by atoms with E-state index in [0.717, 1.165) is 10.6 Å². The molecule has 0 saturated carbocycles. The van der Waals surface area contributed by atoms with Crippen LogP contribution in [0.2, 0.25) is 5.02 Å². The van der Waals surface area contributed by atoms with Crippen LogP contribution in [0.4, 0.5) is 13.2 Å². The van der Waals surface area contributed by atoms with E-state index < -0.39 is 11.9 Å². The number of hydrogen-bond donors (Lipinski definition) is 1. The molecule has 42 heavy (non-hydrogen) atoms. The Bertz CT molecular complexity index is 1680. The first kappa shape index (κ1) is 27.9. The van der Waals surface area contributed by atoms with E-state index in [-0.39, 0.29) is 34.5 Å². The molecule has 1 amide bonds. The van der Waals surface area contributed by atoms with Gasteiger partial charge in [0.2, 0.25) is 0 Å². The van der Waals surface area contributed by atoms with Crippen molar-refractivity contribution in [3.63, 3.8) is 0 Å². The second-order valence-electron chi connectivity index (χ2n) is 10.4. The Labute approximate surface area is 246 Å². The minimum atomic E-state index is -4.71. The van der Waals surface area contributed by atoms with Gasteiger partial charge in [-0.25, -0.2) is 9.50 Å². The van der Waals surface area contributed by atoms with Crippen LogP contribution in [-0.2, 0) is 6.18 Å². The first-order valence-corrected chi connectivity index (χ1v) is 14.1. The molecule has 1 aliphatic heterocycles. The SMILES string of the molecule is Cc1nn2c(C(F)(F)F)cc(-c3ccc(Cl)cc3)nc2c1C(=O)N1CC[NH+](C(c2ccccc2)c2ccccc2)CC1. The van der Waals surface area contributed by atoms with E-state index in [0.29, 0.717) is 36.8 Å². The average Bonchev–Trinajstić information content (AvgIpc) is 3.33. The number of fused-ring (bicyclic) bond motifs is 1. The maximum atomic E-state index is 14.2. The third-order valence-electron chi connectivity index (χ3n) is 7.78. The summed E-state index contributed by atoms with van der Waals surface area (Å²) in [4.78, 5) is 21.4. The Morgan fingerprint density at radius 2 is 1.48 bits per heavy atom. The van der Waals surface area contributed by atoms with E-state index in [1.807, 2.05) is 36.4 Å². The zero-order chi connectivity index (χ0) is 29.4. The summed E-state index contributed by atoms with van der Waals surface area (Å²) in [6.07, 6.45) is -4.71. The Morgan fingerprint density at radius 1 is 0.905 bits per heavy atom. The fourth-order valence-corrected chi connectivity index (χ4v) is 5.87. The quantitative estimate of drug-likeness (QED) is 0.294. The number of aromatic nitrogens is 3. The van der Waals surface area contributed by atoms with Gasteiger partial charge in [-0.15, -0.1) is 0 Å². The molecule has 0 bridgehead atoms. The summed E-state index contributed by atoms with van der Waals surface area (Å²) in [5, 5.41) is 4.58. The zero-order valence-corrected chi connectivity index (χ0v) is 23.5. The van der Waals surface area contributed by atoms with E-state index >= 15 is 0 Å². The van der Waals surface area contributed by atoms with Gasteiger partial charge in [0.1, 0.15) is 11.6 Å². The minimum Gasteiger partial charge on any atom is -0.327 e. The van der Waals surface area contributed by atoms with Gasteiger partial charge in [-0.05, 0) is 25.1 Å². The highest BCUT2D eigenvalue weighted by Gasteiger charge is 2.38. The van der Waals surface area contributed by atoms with Crippen LogP contribution in [0, 0.1) is 6.92 Å². The molecule has 5 aromatic rings. The molecule has 0 radical (unpaired) electrons. The Morgan fingerprint density at radius 3 is 2.02 bits per heavy atom. The number of rotatable bonds is 5. The highest BCUT2D eigenvalue weighted by molar-refractivity contribution is 6.30. The van der Waals surface area contributed by atoms with Crippen molar-refractivity contribution in [2.45, 2.75) is 19.1 Å². The Balaban J connectivity index is 1.32. The molecule has 1 aliphatic rings. The van der Waals surface area contributed by atoms with Crippen LogP contribution in [0.3, 0.4) is 0 Å². The topological polar surface area (TPSA) is 54.9 Å². The third-order valence-corrected chi connectivity index (χ3v) is 8.03. The number of piperazine rings is 1. The molecule has 6 nitrogen and oxygen atoms in total. The van der Waals surface area contributed by atoms with E-state index in [1.165, 1.54) is 16.0 Å². The summed E-state index contributed by atoms with van der Waals surface area (Å²) in [6, 6.07) is 28.0. The summed E-state index contributed by atoms with van der Waals surface area (Å²) in [5.41, 5.74) is 2.10. The monoisotopic (exact) mass is 590 g/mol. The lowest BCUT2D eigenvalue weighted by Crippen LogP contribution is -3.15. The van der Waals surface area contributed by atoms with E-state index in [4.69, 9.17) is 11.6 Å². The largest absolute Gasteiger partial charge is 0.433 e. The molecule has 0 atom stereocenters. The van der Waals surface area contributed by atoms with Gasteiger partial charge in [-0.2, -0.15) is 18.3 Å². The van der Waals surface area contributed by atoms with Gasteiger partial charge in [0, 0.05) is 21.7 Å². The molecule has 10 heteroatoms. The number of halogens is 4. The van der Waals surface area contributed by atoms with Crippen LogP contribution in [0.15, 0.2) is 91.0 Å². The number of benzene rings is 3. The molecule has 0 spiro atoms. The first-order chi connectivity index (χ1) is 20.2. The highest BCUT2D eigenvalue weighted by Crippen LogP contribution is 2.34. The number of aryl methyl sites for hydroxylation is 1. The molecule has 0 unspecified atom stereocenters. The molecule has 1 N–H and O–H groups in total. The smallest absolute Gasteiger partial charge is 0.327 e. The molecular weight excluding hydrogens is 563 g/mol. The zero-order valence-electron chi connectivity index (χ0n) is 22.8. The summed E-state index contributed by atoms with van der Waals surface area (Å²) >= 11 is 5.99. The average molecular weight is 591 g/mol. The van der Waals surface area contributed by atoms with E-state index in [9.17, 15) is 18.0 Å². The maximum absolute atomic E-state index is 14.2. The van der Waals surface area contributed by atoms with Crippen molar-refractivity contribution in [1.82, 2.24) is 19.5 Å². The van der Waals surface area contributed by atoms with Crippen molar-refractivity contribution in [2.24, 2.45) is 0 Å². The molecular formula is C32H28ClF3N5O+. The Kier molecular flexibility index (Phi) is 7.47. The van der Waals surface area contributed by atoms with Crippen molar-refractivity contribution in [1.29, 1.82) is 0 Å². The van der Waals surface area contributed by atoms with Gasteiger partial charge in [-0.1, -0.05) is 84.4 Å². The first-order valence-electron chi connectivity index (χ1n) is 13.7. The van der Waals surface area contributed by atoms with Gasteiger partial charge in [0.25, 0.3) is 5.91 Å². The number of carbonyl (C=O) groups excluding carboxylic acids is 1. The van der Waals surface area contributed by atoms with Crippen molar-refractivity contribution in [3.8, 4) is 11.3 Å². The number of nitrogens with one attached hydrogen (secondary N) is 1. The molecule has 214 valence electrons. The van der Waals surface area contributed by atoms with Gasteiger partial charge >= 0.3 is 6.18 Å². The predicted molar refractivity (Wildman–Crippen MR) is 154 cm³/mol. The molecule has 0 aliphatic carbocycles. The third kappa shape index (κ3) is 5.37. The van der Waals surface area contributed by atoms with Crippen molar-refractivity contribution in [2.75, 3.05) is 26.2 Å².